The van der Waals surface area contributed by atoms with Crippen LogP contribution in [0.2, 0.25) is 0 Å². The summed E-state index contributed by atoms with van der Waals surface area (Å²) in [7, 11) is 0. The quantitative estimate of drug-likeness (QED) is 0.656. The summed E-state index contributed by atoms with van der Waals surface area (Å²) in [5, 5.41) is 10.5. The van der Waals surface area contributed by atoms with E-state index in [9.17, 15) is 9.65 Å². The van der Waals surface area contributed by atoms with Gasteiger partial charge in [0.25, 0.3) is 0 Å². The monoisotopic (exact) mass is 319 g/mol. The molecule has 2 aromatic heterocycles. The van der Waals surface area contributed by atoms with Gasteiger partial charge < -0.3 is 4.57 Å². The standard InChI is InChI=1S/C20H18FN3/c1-13-10-19-15(11-17(13)21)16(12-22)20(18-8-4-5-9-23-18)24(19)14-6-2-3-7-14/h4-5,8-11,14H,2-3,6-7H2,1H3. The Morgan fingerprint density at radius 3 is 2.71 bits per heavy atom. The topological polar surface area (TPSA) is 41.6 Å². The molecule has 0 amide bonds. The van der Waals surface area contributed by atoms with Gasteiger partial charge >= 0.3 is 0 Å². The highest BCUT2D eigenvalue weighted by Crippen LogP contribution is 2.41. The lowest BCUT2D eigenvalue weighted by atomic mass is 10.1. The van der Waals surface area contributed by atoms with E-state index >= 15 is 0 Å². The first-order valence-corrected chi connectivity index (χ1v) is 8.36. The molecule has 1 saturated carbocycles. The summed E-state index contributed by atoms with van der Waals surface area (Å²) in [6.45, 7) is 1.77. The molecule has 2 heterocycles. The van der Waals surface area contributed by atoms with Gasteiger partial charge in [0.15, 0.2) is 0 Å². The van der Waals surface area contributed by atoms with Gasteiger partial charge in [-0.25, -0.2) is 4.39 Å². The lowest BCUT2D eigenvalue weighted by molar-refractivity contribution is 0.539. The van der Waals surface area contributed by atoms with E-state index in [1.807, 2.05) is 24.3 Å². The Morgan fingerprint density at radius 1 is 1.25 bits per heavy atom. The number of nitriles is 1. The molecule has 0 spiro atoms. The van der Waals surface area contributed by atoms with Gasteiger partial charge in [0.2, 0.25) is 0 Å². The molecule has 4 rings (SSSR count). The van der Waals surface area contributed by atoms with Crippen LogP contribution in [0.15, 0.2) is 36.5 Å². The molecule has 3 nitrogen and oxygen atoms in total. The largest absolute Gasteiger partial charge is 0.335 e. The van der Waals surface area contributed by atoms with Gasteiger partial charge in [-0.3, -0.25) is 4.98 Å². The van der Waals surface area contributed by atoms with Crippen molar-refractivity contribution in [2.75, 3.05) is 0 Å². The van der Waals surface area contributed by atoms with E-state index in [2.05, 4.69) is 15.6 Å². The van der Waals surface area contributed by atoms with Crippen molar-refractivity contribution in [3.8, 4) is 17.5 Å². The van der Waals surface area contributed by atoms with Gasteiger partial charge in [-0.1, -0.05) is 18.9 Å². The van der Waals surface area contributed by atoms with E-state index in [1.54, 1.807) is 13.1 Å². The van der Waals surface area contributed by atoms with E-state index in [0.29, 0.717) is 22.6 Å². The molecule has 0 bridgehead atoms. The molecule has 1 fully saturated rings. The van der Waals surface area contributed by atoms with E-state index in [4.69, 9.17) is 0 Å². The number of rotatable bonds is 2. The van der Waals surface area contributed by atoms with Crippen molar-refractivity contribution in [1.82, 2.24) is 9.55 Å². The first kappa shape index (κ1) is 14.9. The number of fused-ring (bicyclic) bond motifs is 1. The summed E-state index contributed by atoms with van der Waals surface area (Å²) in [6, 6.07) is 11.7. The van der Waals surface area contributed by atoms with Crippen LogP contribution in [0.3, 0.4) is 0 Å². The molecule has 4 heteroatoms. The molecule has 1 aromatic carbocycles. The predicted octanol–water partition coefficient (Wildman–Crippen LogP) is 5.14. The molecule has 1 aliphatic rings. The van der Waals surface area contributed by atoms with Crippen molar-refractivity contribution >= 4 is 10.9 Å². The SMILES string of the molecule is Cc1cc2c(cc1F)c(C#N)c(-c1ccccn1)n2C1CCCC1. The van der Waals surface area contributed by atoms with E-state index < -0.39 is 0 Å². The average Bonchev–Trinajstić information content (AvgIpc) is 3.22. The Balaban J connectivity index is 2.12. The number of aryl methyl sites for hydroxylation is 1. The van der Waals surface area contributed by atoms with Crippen molar-refractivity contribution in [3.63, 3.8) is 0 Å². The summed E-state index contributed by atoms with van der Waals surface area (Å²) in [6.07, 6.45) is 6.29. The third-order valence-electron chi connectivity index (χ3n) is 4.99. The minimum atomic E-state index is -0.268. The van der Waals surface area contributed by atoms with Crippen LogP contribution in [0, 0.1) is 24.1 Å². The second kappa shape index (κ2) is 5.76. The molecular weight excluding hydrogens is 301 g/mol. The highest BCUT2D eigenvalue weighted by Gasteiger charge is 2.27. The van der Waals surface area contributed by atoms with Crippen LogP contribution >= 0.6 is 0 Å². The molecular formula is C20H18FN3. The Labute approximate surface area is 140 Å². The fourth-order valence-electron chi connectivity index (χ4n) is 3.84. The molecule has 0 atom stereocenters. The van der Waals surface area contributed by atoms with E-state index in [-0.39, 0.29) is 5.82 Å². The lowest BCUT2D eigenvalue weighted by Gasteiger charge is -2.18. The number of aromatic nitrogens is 2. The van der Waals surface area contributed by atoms with Crippen molar-refractivity contribution in [1.29, 1.82) is 5.26 Å². The summed E-state index contributed by atoms with van der Waals surface area (Å²) in [5.74, 6) is -0.268. The Morgan fingerprint density at radius 2 is 2.04 bits per heavy atom. The molecule has 0 N–H and O–H groups in total. The molecule has 120 valence electrons. The van der Waals surface area contributed by atoms with Crippen LogP contribution in [0.4, 0.5) is 4.39 Å². The van der Waals surface area contributed by atoms with Crippen molar-refractivity contribution in [2.45, 2.75) is 38.6 Å². The second-order valence-electron chi connectivity index (χ2n) is 6.48. The third kappa shape index (κ3) is 2.20. The minimum absolute atomic E-state index is 0.268. The zero-order chi connectivity index (χ0) is 16.7. The van der Waals surface area contributed by atoms with Crippen LogP contribution in [-0.4, -0.2) is 9.55 Å². The van der Waals surface area contributed by atoms with Crippen molar-refractivity contribution in [3.05, 3.63) is 53.5 Å². The van der Waals surface area contributed by atoms with Crippen LogP contribution in [0.1, 0.15) is 42.9 Å². The second-order valence-corrected chi connectivity index (χ2v) is 6.48. The molecule has 0 aliphatic heterocycles. The van der Waals surface area contributed by atoms with Crippen LogP contribution in [0.25, 0.3) is 22.3 Å². The summed E-state index contributed by atoms with van der Waals surface area (Å²) in [4.78, 5) is 4.46. The fraction of sp³-hybridized carbons (Fsp3) is 0.300. The number of halogens is 1. The number of nitrogens with zero attached hydrogens (tertiary/aromatic N) is 3. The first-order chi connectivity index (χ1) is 11.7. The van der Waals surface area contributed by atoms with Crippen LogP contribution in [0.5, 0.6) is 0 Å². The van der Waals surface area contributed by atoms with Gasteiger partial charge in [-0.2, -0.15) is 5.26 Å². The van der Waals surface area contributed by atoms with Crippen molar-refractivity contribution in [2.24, 2.45) is 0 Å². The highest BCUT2D eigenvalue weighted by molar-refractivity contribution is 5.94. The molecule has 24 heavy (non-hydrogen) atoms. The maximum Gasteiger partial charge on any atom is 0.126 e. The van der Waals surface area contributed by atoms with E-state index in [1.165, 1.54) is 18.9 Å². The minimum Gasteiger partial charge on any atom is -0.335 e. The van der Waals surface area contributed by atoms with Gasteiger partial charge in [-0.15, -0.1) is 0 Å². The maximum absolute atomic E-state index is 14.2. The Hall–Kier alpha value is -2.67. The maximum atomic E-state index is 14.2. The van der Waals surface area contributed by atoms with Gasteiger partial charge in [0.05, 0.1) is 22.5 Å². The molecule has 0 radical (unpaired) electrons. The Kier molecular flexibility index (Phi) is 3.57. The Bertz CT molecular complexity index is 945. The van der Waals surface area contributed by atoms with Gasteiger partial charge in [0, 0.05) is 17.6 Å². The first-order valence-electron chi connectivity index (χ1n) is 8.36. The number of hydrogen-bond donors (Lipinski definition) is 0. The summed E-state index contributed by atoms with van der Waals surface area (Å²) >= 11 is 0. The summed E-state index contributed by atoms with van der Waals surface area (Å²) in [5.41, 5.74) is 3.67. The molecule has 0 unspecified atom stereocenters. The van der Waals surface area contributed by atoms with Gasteiger partial charge in [0.1, 0.15) is 11.9 Å². The molecule has 3 aromatic rings. The van der Waals surface area contributed by atoms with E-state index in [0.717, 1.165) is 29.7 Å². The normalized spacial score (nSPS) is 15.0. The zero-order valence-electron chi connectivity index (χ0n) is 13.6. The van der Waals surface area contributed by atoms with Gasteiger partial charge in [-0.05, 0) is 49.6 Å². The highest BCUT2D eigenvalue weighted by atomic mass is 19.1. The molecule has 0 saturated heterocycles. The van der Waals surface area contributed by atoms with Crippen LogP contribution in [-0.2, 0) is 0 Å². The predicted molar refractivity (Wildman–Crippen MR) is 92.1 cm³/mol. The summed E-state index contributed by atoms with van der Waals surface area (Å²) < 4.78 is 16.4. The van der Waals surface area contributed by atoms with Crippen molar-refractivity contribution < 1.29 is 4.39 Å². The number of pyridine rings is 1. The fourth-order valence-corrected chi connectivity index (χ4v) is 3.84. The average molecular weight is 319 g/mol. The zero-order valence-corrected chi connectivity index (χ0v) is 13.6. The lowest BCUT2D eigenvalue weighted by Crippen LogP contribution is -2.07. The number of hydrogen-bond acceptors (Lipinski definition) is 2. The smallest absolute Gasteiger partial charge is 0.126 e. The molecule has 1 aliphatic carbocycles. The number of benzene rings is 1. The van der Waals surface area contributed by atoms with Crippen LogP contribution < -0.4 is 0 Å². The third-order valence-corrected chi connectivity index (χ3v) is 4.99.